The van der Waals surface area contributed by atoms with Crippen molar-refractivity contribution in [2.75, 3.05) is 4.90 Å². The van der Waals surface area contributed by atoms with Gasteiger partial charge in [0.2, 0.25) is 11.8 Å². The van der Waals surface area contributed by atoms with Gasteiger partial charge in [-0.2, -0.15) is 0 Å². The summed E-state index contributed by atoms with van der Waals surface area (Å²) in [4.78, 5) is 27.6. The quantitative estimate of drug-likeness (QED) is 0.524. The molecule has 0 spiro atoms. The highest BCUT2D eigenvalue weighted by molar-refractivity contribution is 9.12. The Bertz CT molecular complexity index is 598. The molecule has 21 heavy (non-hydrogen) atoms. The Morgan fingerprint density at radius 1 is 0.952 bits per heavy atom. The molecule has 4 rings (SSSR count). The molecule has 2 bridgehead atoms. The number of benzene rings is 1. The molecule has 2 aliphatic carbocycles. The minimum absolute atomic E-state index is 0.00907. The summed E-state index contributed by atoms with van der Waals surface area (Å²) < 4.78 is 0. The lowest BCUT2D eigenvalue weighted by molar-refractivity contribution is -0.123. The summed E-state index contributed by atoms with van der Waals surface area (Å²) in [6, 6.07) is 7.62. The smallest absolute Gasteiger partial charge is 0.238 e. The molecule has 2 saturated carbocycles. The van der Waals surface area contributed by atoms with E-state index in [0.717, 1.165) is 12.0 Å². The predicted molar refractivity (Wildman–Crippen MR) is 87.7 cm³/mol. The number of fused-ring (bicyclic) bond motifs is 5. The van der Waals surface area contributed by atoms with Crippen molar-refractivity contribution in [3.05, 3.63) is 29.8 Å². The number of halogens is 2. The van der Waals surface area contributed by atoms with Crippen molar-refractivity contribution in [2.45, 2.75) is 23.0 Å². The minimum Gasteiger partial charge on any atom is -0.274 e. The number of anilines is 1. The van der Waals surface area contributed by atoms with Crippen molar-refractivity contribution in [3.8, 4) is 0 Å². The van der Waals surface area contributed by atoms with Crippen LogP contribution >= 0.6 is 31.9 Å². The number of nitrogens with zero attached hydrogens (tertiary/aromatic N) is 1. The molecule has 1 aromatic carbocycles. The van der Waals surface area contributed by atoms with E-state index < -0.39 is 0 Å². The molecular formula is C16H15Br2NO2. The molecule has 2 amide bonds. The highest BCUT2D eigenvalue weighted by atomic mass is 79.9. The van der Waals surface area contributed by atoms with Gasteiger partial charge in [0.05, 0.1) is 17.5 Å². The van der Waals surface area contributed by atoms with Crippen LogP contribution in [0.3, 0.4) is 0 Å². The van der Waals surface area contributed by atoms with E-state index in [4.69, 9.17) is 0 Å². The maximum atomic E-state index is 12.8. The highest BCUT2D eigenvalue weighted by Crippen LogP contribution is 2.60. The molecule has 3 nitrogen and oxygen atoms in total. The van der Waals surface area contributed by atoms with Crippen LogP contribution in [0.5, 0.6) is 0 Å². The van der Waals surface area contributed by atoms with Crippen LogP contribution in [0, 0.1) is 30.6 Å². The first-order chi connectivity index (χ1) is 10.0. The highest BCUT2D eigenvalue weighted by Gasteiger charge is 2.66. The van der Waals surface area contributed by atoms with Crippen molar-refractivity contribution < 1.29 is 9.59 Å². The Morgan fingerprint density at radius 3 is 1.90 bits per heavy atom. The molecule has 3 fully saturated rings. The van der Waals surface area contributed by atoms with E-state index in [1.165, 1.54) is 4.90 Å². The van der Waals surface area contributed by atoms with Gasteiger partial charge >= 0.3 is 0 Å². The van der Waals surface area contributed by atoms with Gasteiger partial charge in [-0.1, -0.05) is 49.6 Å². The third kappa shape index (κ3) is 1.76. The number of hydrogen-bond acceptors (Lipinski definition) is 2. The fraction of sp³-hybridized carbons (Fsp3) is 0.500. The van der Waals surface area contributed by atoms with Crippen molar-refractivity contribution in [1.29, 1.82) is 0 Å². The molecule has 1 aliphatic heterocycles. The third-order valence-electron chi connectivity index (χ3n) is 5.28. The molecule has 0 aromatic heterocycles. The number of hydrogen-bond donors (Lipinski definition) is 0. The number of carbonyl (C=O) groups is 2. The molecule has 1 saturated heterocycles. The van der Waals surface area contributed by atoms with Crippen LogP contribution in [0.1, 0.15) is 12.0 Å². The van der Waals surface area contributed by atoms with Crippen LogP contribution in [0.15, 0.2) is 24.3 Å². The zero-order valence-corrected chi connectivity index (χ0v) is 14.7. The van der Waals surface area contributed by atoms with Gasteiger partial charge in [-0.3, -0.25) is 14.5 Å². The predicted octanol–water partition coefficient (Wildman–Crippen LogP) is 3.28. The Balaban J connectivity index is 1.73. The van der Waals surface area contributed by atoms with Gasteiger partial charge in [0.1, 0.15) is 0 Å². The Morgan fingerprint density at radius 2 is 1.43 bits per heavy atom. The van der Waals surface area contributed by atoms with Gasteiger partial charge in [0.25, 0.3) is 0 Å². The normalized spacial score (nSPS) is 41.0. The zero-order valence-electron chi connectivity index (χ0n) is 11.5. The lowest BCUT2D eigenvalue weighted by Gasteiger charge is -2.28. The van der Waals surface area contributed by atoms with Crippen LogP contribution < -0.4 is 4.90 Å². The first-order valence-corrected chi connectivity index (χ1v) is 9.06. The Labute approximate surface area is 140 Å². The zero-order chi connectivity index (χ0) is 14.9. The molecule has 0 unspecified atom stereocenters. The molecule has 0 radical (unpaired) electrons. The number of amides is 2. The van der Waals surface area contributed by atoms with E-state index in [1.807, 2.05) is 31.2 Å². The molecule has 6 atom stereocenters. The van der Waals surface area contributed by atoms with Crippen LogP contribution in [0.2, 0.25) is 0 Å². The lowest BCUT2D eigenvalue weighted by atomic mass is 9.81. The molecule has 0 N–H and O–H groups in total. The summed E-state index contributed by atoms with van der Waals surface area (Å²) in [6.07, 6.45) is 0.973. The maximum Gasteiger partial charge on any atom is 0.238 e. The van der Waals surface area contributed by atoms with Crippen LogP contribution in [-0.4, -0.2) is 21.5 Å². The second-order valence-corrected chi connectivity index (χ2v) is 8.47. The number of carbonyl (C=O) groups excluding carboxylic acids is 2. The second kappa shape index (κ2) is 4.66. The first kappa shape index (κ1) is 13.9. The second-order valence-electron chi connectivity index (χ2n) is 6.35. The van der Waals surface area contributed by atoms with Gasteiger partial charge < -0.3 is 0 Å². The first-order valence-electron chi connectivity index (χ1n) is 7.23. The minimum atomic E-state index is -0.137. The largest absolute Gasteiger partial charge is 0.274 e. The molecule has 3 aliphatic rings. The molecule has 5 heteroatoms. The number of rotatable bonds is 1. The fourth-order valence-corrected chi connectivity index (χ4v) is 6.17. The van der Waals surface area contributed by atoms with Crippen molar-refractivity contribution >= 4 is 49.4 Å². The van der Waals surface area contributed by atoms with Crippen LogP contribution in [-0.2, 0) is 9.59 Å². The number of alkyl halides is 2. The molecule has 110 valence electrons. The van der Waals surface area contributed by atoms with E-state index in [0.29, 0.717) is 15.3 Å². The van der Waals surface area contributed by atoms with E-state index in [9.17, 15) is 9.59 Å². The van der Waals surface area contributed by atoms with E-state index in [1.54, 1.807) is 0 Å². The average molecular weight is 413 g/mol. The van der Waals surface area contributed by atoms with Crippen molar-refractivity contribution in [1.82, 2.24) is 0 Å². The van der Waals surface area contributed by atoms with Crippen molar-refractivity contribution in [2.24, 2.45) is 23.7 Å². The van der Waals surface area contributed by atoms with Gasteiger partial charge in [-0.25, -0.2) is 0 Å². The summed E-state index contributed by atoms with van der Waals surface area (Å²) in [5.41, 5.74) is 1.83. The Kier molecular flexibility index (Phi) is 3.09. The van der Waals surface area contributed by atoms with Crippen LogP contribution in [0.4, 0.5) is 5.69 Å². The summed E-state index contributed by atoms with van der Waals surface area (Å²) in [7, 11) is 0. The van der Waals surface area contributed by atoms with Crippen LogP contribution in [0.25, 0.3) is 0 Å². The summed E-state index contributed by atoms with van der Waals surface area (Å²) in [6.45, 7) is 2.00. The SMILES string of the molecule is Cc1ccc(N2C(=O)[C@@H]3[C@H]4C[C@@H]([C@H](Br)[C@H]4Br)[C@H]3C2=O)cc1. The van der Waals surface area contributed by atoms with Crippen molar-refractivity contribution in [3.63, 3.8) is 0 Å². The number of imide groups is 1. The van der Waals surface area contributed by atoms with Gasteiger partial charge in [0.15, 0.2) is 0 Å². The van der Waals surface area contributed by atoms with Gasteiger partial charge in [0, 0.05) is 9.65 Å². The van der Waals surface area contributed by atoms with E-state index in [2.05, 4.69) is 31.9 Å². The average Bonchev–Trinajstić information content (AvgIpc) is 3.06. The summed E-state index contributed by atoms with van der Waals surface area (Å²) >= 11 is 7.40. The monoisotopic (exact) mass is 411 g/mol. The summed E-state index contributed by atoms with van der Waals surface area (Å²) in [5, 5.41) is 0. The standard InChI is InChI=1S/C16H15Br2NO2/c1-7-2-4-8(5-3-7)19-15(20)11-9-6-10(12(11)16(19)21)14(18)13(9)17/h2-5,9-14H,6H2,1H3/t9-,10-,11-,12-,13+,14+/m1/s1. The topological polar surface area (TPSA) is 37.4 Å². The Hall–Kier alpha value is -0.680. The third-order valence-corrected chi connectivity index (χ3v) is 8.49. The fourth-order valence-electron chi connectivity index (χ4n) is 4.30. The summed E-state index contributed by atoms with van der Waals surface area (Å²) in [5.74, 6) is 0.256. The van der Waals surface area contributed by atoms with E-state index in [-0.39, 0.29) is 35.5 Å². The van der Waals surface area contributed by atoms with Gasteiger partial charge in [-0.15, -0.1) is 0 Å². The molecule has 1 heterocycles. The number of aryl methyl sites for hydroxylation is 1. The molecule has 1 aromatic rings. The van der Waals surface area contributed by atoms with E-state index >= 15 is 0 Å². The van der Waals surface area contributed by atoms with Gasteiger partial charge in [-0.05, 0) is 37.3 Å². The maximum absolute atomic E-state index is 12.8. The molecular weight excluding hydrogens is 398 g/mol. The lowest BCUT2D eigenvalue weighted by Crippen LogP contribution is -2.37.